The van der Waals surface area contributed by atoms with E-state index in [-0.39, 0.29) is 23.9 Å². The minimum Gasteiger partial charge on any atom is -0.475 e. The average Bonchev–Trinajstić information content (AvgIpc) is 3.31. The van der Waals surface area contributed by atoms with Crippen LogP contribution >= 0.6 is 22.9 Å². The Balaban J connectivity index is 0.000000509. The highest BCUT2D eigenvalue weighted by Gasteiger charge is 2.38. The smallest absolute Gasteiger partial charge is 0.475 e. The number of alkyl halides is 3. The zero-order chi connectivity index (χ0) is 25.6. The van der Waals surface area contributed by atoms with E-state index in [0.717, 1.165) is 11.3 Å². The number of hydrogen-bond acceptors (Lipinski definition) is 7. The van der Waals surface area contributed by atoms with E-state index in [4.69, 9.17) is 32.0 Å². The standard InChI is InChI=1S/C18H17ClN4O3S.C2HF3O2/c1-3-26-17(25)16-13(20)8-15(19)23(16)12-6-4-11(5-7-12)14-9-27-18(22-14)21-10(2)24;3-2(4,5)1(6)7/h4-9H,3,20H2,1-2H3,(H,21,22,24);(H,6,7). The summed E-state index contributed by atoms with van der Waals surface area (Å²) >= 11 is 7.61. The molecule has 0 aliphatic rings. The van der Waals surface area contributed by atoms with Crippen LogP contribution in [0.3, 0.4) is 0 Å². The Morgan fingerprint density at radius 1 is 1.26 bits per heavy atom. The maximum absolute atomic E-state index is 12.2. The van der Waals surface area contributed by atoms with Gasteiger partial charge in [0.2, 0.25) is 5.91 Å². The minimum atomic E-state index is -5.08. The maximum atomic E-state index is 12.2. The van der Waals surface area contributed by atoms with Crippen LogP contribution in [-0.4, -0.2) is 45.3 Å². The molecule has 0 saturated heterocycles. The van der Waals surface area contributed by atoms with E-state index in [9.17, 15) is 22.8 Å². The van der Waals surface area contributed by atoms with E-state index in [1.54, 1.807) is 23.6 Å². The molecule has 0 aliphatic carbocycles. The van der Waals surface area contributed by atoms with E-state index in [2.05, 4.69) is 10.3 Å². The molecule has 0 saturated carbocycles. The zero-order valence-electron chi connectivity index (χ0n) is 17.6. The van der Waals surface area contributed by atoms with Crippen molar-refractivity contribution in [1.82, 2.24) is 9.55 Å². The molecular weight excluding hydrogens is 501 g/mol. The number of ether oxygens (including phenoxy) is 1. The Bertz CT molecular complexity index is 1190. The third-order valence-electron chi connectivity index (χ3n) is 3.90. The first-order valence-electron chi connectivity index (χ1n) is 9.33. The van der Waals surface area contributed by atoms with Gasteiger partial charge < -0.3 is 20.9 Å². The molecule has 0 aliphatic heterocycles. The topological polar surface area (TPSA) is 137 Å². The molecule has 0 radical (unpaired) electrons. The number of hydrogen-bond donors (Lipinski definition) is 3. The normalized spacial score (nSPS) is 10.8. The van der Waals surface area contributed by atoms with Crippen LogP contribution in [-0.2, 0) is 14.3 Å². The van der Waals surface area contributed by atoms with Crippen molar-refractivity contribution in [3.63, 3.8) is 0 Å². The molecule has 0 fully saturated rings. The molecule has 0 unspecified atom stereocenters. The van der Waals surface area contributed by atoms with Crippen LogP contribution in [0.2, 0.25) is 5.15 Å². The molecule has 0 atom stereocenters. The van der Waals surface area contributed by atoms with Crippen molar-refractivity contribution in [2.45, 2.75) is 20.0 Å². The number of carboxylic acids is 1. The summed E-state index contributed by atoms with van der Waals surface area (Å²) in [5.41, 5.74) is 8.63. The number of aliphatic carboxylic acids is 1. The second kappa shape index (κ2) is 11.0. The van der Waals surface area contributed by atoms with Crippen molar-refractivity contribution >= 4 is 51.6 Å². The molecule has 1 aromatic carbocycles. The molecule has 1 amide bonds. The van der Waals surface area contributed by atoms with Crippen LogP contribution in [0.15, 0.2) is 35.7 Å². The highest BCUT2D eigenvalue weighted by molar-refractivity contribution is 7.14. The quantitative estimate of drug-likeness (QED) is 0.420. The molecule has 3 aromatic rings. The van der Waals surface area contributed by atoms with Crippen LogP contribution in [0.5, 0.6) is 0 Å². The number of benzene rings is 1. The van der Waals surface area contributed by atoms with Gasteiger partial charge in [0.1, 0.15) is 5.15 Å². The number of nitrogens with two attached hydrogens (primary N) is 1. The average molecular weight is 519 g/mol. The number of nitrogen functional groups attached to an aromatic ring is 1. The molecule has 2 heterocycles. The summed E-state index contributed by atoms with van der Waals surface area (Å²) in [7, 11) is 0. The molecule has 2 aromatic heterocycles. The van der Waals surface area contributed by atoms with Gasteiger partial charge in [0, 0.05) is 23.6 Å². The summed E-state index contributed by atoms with van der Waals surface area (Å²) in [6.45, 7) is 3.39. The number of carboxylic acid groups (broad SMARTS) is 1. The Labute approximate surface area is 199 Å². The molecule has 0 bridgehead atoms. The Morgan fingerprint density at radius 2 is 1.85 bits per heavy atom. The Hall–Kier alpha value is -3.58. The molecule has 0 spiro atoms. The molecular formula is C20H18ClF3N4O5S. The number of carbonyl (C=O) groups excluding carboxylic acids is 2. The van der Waals surface area contributed by atoms with E-state index < -0.39 is 18.1 Å². The number of amides is 1. The zero-order valence-corrected chi connectivity index (χ0v) is 19.2. The number of carbonyl (C=O) groups is 3. The number of nitrogens with zero attached hydrogens (tertiary/aromatic N) is 2. The number of nitrogens with one attached hydrogen (secondary N) is 1. The summed E-state index contributed by atoms with van der Waals surface area (Å²) in [6.07, 6.45) is -5.08. The van der Waals surface area contributed by atoms with Crippen molar-refractivity contribution in [2.75, 3.05) is 17.7 Å². The van der Waals surface area contributed by atoms with Gasteiger partial charge in [0.15, 0.2) is 10.8 Å². The van der Waals surface area contributed by atoms with E-state index in [1.165, 1.54) is 24.3 Å². The van der Waals surface area contributed by atoms with Gasteiger partial charge >= 0.3 is 18.1 Å². The summed E-state index contributed by atoms with van der Waals surface area (Å²) in [5.74, 6) is -3.46. The fraction of sp³-hybridized carbons (Fsp3) is 0.200. The van der Waals surface area contributed by atoms with Crippen molar-refractivity contribution < 1.29 is 37.4 Å². The van der Waals surface area contributed by atoms with Crippen LogP contribution in [0.1, 0.15) is 24.3 Å². The number of aromatic nitrogens is 2. The van der Waals surface area contributed by atoms with E-state index >= 15 is 0 Å². The lowest BCUT2D eigenvalue weighted by Crippen LogP contribution is -2.21. The lowest BCUT2D eigenvalue weighted by Gasteiger charge is -2.11. The lowest BCUT2D eigenvalue weighted by atomic mass is 10.1. The molecule has 3 rings (SSSR count). The maximum Gasteiger partial charge on any atom is 0.490 e. The first-order chi connectivity index (χ1) is 15.8. The van der Waals surface area contributed by atoms with Crippen LogP contribution in [0.4, 0.5) is 24.0 Å². The highest BCUT2D eigenvalue weighted by atomic mass is 35.5. The first-order valence-corrected chi connectivity index (χ1v) is 10.6. The van der Waals surface area contributed by atoms with E-state index in [1.807, 2.05) is 17.5 Å². The number of thiazole rings is 1. The van der Waals surface area contributed by atoms with Gasteiger partial charge in [0.25, 0.3) is 0 Å². The number of anilines is 2. The van der Waals surface area contributed by atoms with Gasteiger partial charge in [0.05, 0.1) is 18.0 Å². The van der Waals surface area contributed by atoms with Gasteiger partial charge in [-0.2, -0.15) is 13.2 Å². The van der Waals surface area contributed by atoms with Gasteiger partial charge in [-0.05, 0) is 25.1 Å². The van der Waals surface area contributed by atoms with Crippen molar-refractivity contribution in [3.05, 3.63) is 46.6 Å². The summed E-state index contributed by atoms with van der Waals surface area (Å²) < 4.78 is 38.4. The molecule has 14 heteroatoms. The third kappa shape index (κ3) is 6.71. The molecule has 182 valence electrons. The molecule has 34 heavy (non-hydrogen) atoms. The SMILES string of the molecule is CCOC(=O)c1c(N)cc(Cl)n1-c1ccc(-c2csc(NC(C)=O)n2)cc1.O=C(O)C(F)(F)F. The van der Waals surface area contributed by atoms with E-state index in [0.29, 0.717) is 16.0 Å². The van der Waals surface area contributed by atoms with Gasteiger partial charge in [-0.1, -0.05) is 23.7 Å². The highest BCUT2D eigenvalue weighted by Crippen LogP contribution is 2.30. The van der Waals surface area contributed by atoms with Gasteiger partial charge in [-0.25, -0.2) is 14.6 Å². The van der Waals surface area contributed by atoms with Crippen molar-refractivity contribution in [1.29, 1.82) is 0 Å². The van der Waals surface area contributed by atoms with Crippen molar-refractivity contribution in [2.24, 2.45) is 0 Å². The molecule has 9 nitrogen and oxygen atoms in total. The minimum absolute atomic E-state index is 0.169. The summed E-state index contributed by atoms with van der Waals surface area (Å²) in [6, 6.07) is 8.83. The van der Waals surface area contributed by atoms with Crippen LogP contribution in [0, 0.1) is 0 Å². The third-order valence-corrected chi connectivity index (χ3v) is 4.94. The first kappa shape index (κ1) is 26.7. The second-order valence-electron chi connectivity index (χ2n) is 6.40. The Morgan fingerprint density at radius 3 is 2.35 bits per heavy atom. The van der Waals surface area contributed by atoms with Gasteiger partial charge in [-0.15, -0.1) is 11.3 Å². The number of rotatable bonds is 5. The fourth-order valence-electron chi connectivity index (χ4n) is 2.55. The monoisotopic (exact) mass is 518 g/mol. The lowest BCUT2D eigenvalue weighted by molar-refractivity contribution is -0.192. The Kier molecular flexibility index (Phi) is 8.65. The van der Waals surface area contributed by atoms with Crippen LogP contribution in [0.25, 0.3) is 16.9 Å². The summed E-state index contributed by atoms with van der Waals surface area (Å²) in [5, 5.41) is 12.5. The number of esters is 1. The van der Waals surface area contributed by atoms with Crippen molar-refractivity contribution in [3.8, 4) is 16.9 Å². The molecule has 4 N–H and O–H groups in total. The predicted octanol–water partition coefficient (Wildman–Crippen LogP) is 4.60. The number of halogens is 4. The van der Waals surface area contributed by atoms with Crippen LogP contribution < -0.4 is 11.1 Å². The summed E-state index contributed by atoms with van der Waals surface area (Å²) in [4.78, 5) is 36.6. The second-order valence-corrected chi connectivity index (χ2v) is 7.64. The largest absolute Gasteiger partial charge is 0.490 e. The predicted molar refractivity (Wildman–Crippen MR) is 120 cm³/mol. The fourth-order valence-corrected chi connectivity index (χ4v) is 3.62. The van der Waals surface area contributed by atoms with Gasteiger partial charge in [-0.3, -0.25) is 9.36 Å².